The van der Waals surface area contributed by atoms with Crippen molar-refractivity contribution >= 4 is 5.97 Å². The van der Waals surface area contributed by atoms with Crippen molar-refractivity contribution in [2.24, 2.45) is 0 Å². The van der Waals surface area contributed by atoms with Gasteiger partial charge in [-0.2, -0.15) is 0 Å². The van der Waals surface area contributed by atoms with Crippen LogP contribution in [0.4, 0.5) is 4.39 Å². The lowest BCUT2D eigenvalue weighted by Crippen LogP contribution is -2.00. The van der Waals surface area contributed by atoms with Crippen molar-refractivity contribution in [2.45, 2.75) is 58.3 Å². The number of rotatable bonds is 12. The molecule has 0 fully saturated rings. The summed E-state index contributed by atoms with van der Waals surface area (Å²) in [7, 11) is 0. The van der Waals surface area contributed by atoms with E-state index in [1.165, 1.54) is 57.1 Å². The molecule has 146 valence electrons. The van der Waals surface area contributed by atoms with Gasteiger partial charge < -0.3 is 9.84 Å². The zero-order valence-electron chi connectivity index (χ0n) is 16.0. The van der Waals surface area contributed by atoms with E-state index in [-0.39, 0.29) is 5.56 Å². The van der Waals surface area contributed by atoms with Crippen LogP contribution in [0.1, 0.15) is 68.6 Å². The van der Waals surface area contributed by atoms with Gasteiger partial charge in [0, 0.05) is 0 Å². The SMILES string of the molecule is CCCCCCCCCCOc1ccc(-c2ccc(C(=O)O)c(F)c2)cc1. The van der Waals surface area contributed by atoms with Crippen LogP contribution in [0.5, 0.6) is 5.75 Å². The molecule has 3 nitrogen and oxygen atoms in total. The molecule has 4 heteroatoms. The van der Waals surface area contributed by atoms with E-state index >= 15 is 0 Å². The number of benzene rings is 2. The van der Waals surface area contributed by atoms with Crippen LogP contribution in [0.2, 0.25) is 0 Å². The second kappa shape index (κ2) is 11.4. The van der Waals surface area contributed by atoms with E-state index in [1.807, 2.05) is 24.3 Å². The molecule has 0 amide bonds. The first-order chi connectivity index (χ1) is 13.1. The first-order valence-corrected chi connectivity index (χ1v) is 9.88. The second-order valence-electron chi connectivity index (χ2n) is 6.85. The average molecular weight is 372 g/mol. The fraction of sp³-hybridized carbons (Fsp3) is 0.435. The van der Waals surface area contributed by atoms with Gasteiger partial charge in [0.1, 0.15) is 11.6 Å². The maximum absolute atomic E-state index is 13.8. The van der Waals surface area contributed by atoms with Crippen LogP contribution in [-0.4, -0.2) is 17.7 Å². The number of carbonyl (C=O) groups is 1. The molecule has 0 aliphatic carbocycles. The van der Waals surface area contributed by atoms with Crippen LogP contribution in [0.15, 0.2) is 42.5 Å². The zero-order valence-corrected chi connectivity index (χ0v) is 16.0. The predicted molar refractivity (Wildman–Crippen MR) is 107 cm³/mol. The summed E-state index contributed by atoms with van der Waals surface area (Å²) in [6, 6.07) is 11.6. The average Bonchev–Trinajstić information content (AvgIpc) is 2.67. The topological polar surface area (TPSA) is 46.5 Å². The number of carboxylic acid groups (broad SMARTS) is 1. The molecule has 27 heavy (non-hydrogen) atoms. The van der Waals surface area contributed by atoms with Crippen molar-refractivity contribution in [3.63, 3.8) is 0 Å². The Kier molecular flexibility index (Phi) is 8.82. The van der Waals surface area contributed by atoms with E-state index in [0.29, 0.717) is 12.2 Å². The molecule has 0 aliphatic rings. The molecule has 0 bridgehead atoms. The predicted octanol–water partition coefficient (Wildman–Crippen LogP) is 6.71. The number of aromatic carboxylic acids is 1. The summed E-state index contributed by atoms with van der Waals surface area (Å²) in [5.74, 6) is -1.19. The Morgan fingerprint density at radius 2 is 1.48 bits per heavy atom. The van der Waals surface area contributed by atoms with Crippen LogP contribution >= 0.6 is 0 Å². The van der Waals surface area contributed by atoms with Crippen molar-refractivity contribution in [3.8, 4) is 16.9 Å². The smallest absolute Gasteiger partial charge is 0.338 e. The highest BCUT2D eigenvalue weighted by atomic mass is 19.1. The van der Waals surface area contributed by atoms with E-state index in [0.717, 1.165) is 17.7 Å². The Labute approximate surface area is 161 Å². The minimum absolute atomic E-state index is 0.316. The Hall–Kier alpha value is -2.36. The van der Waals surface area contributed by atoms with Crippen LogP contribution in [-0.2, 0) is 0 Å². The molecule has 0 unspecified atom stereocenters. The lowest BCUT2D eigenvalue weighted by molar-refractivity contribution is 0.0692. The Bertz CT molecular complexity index is 710. The van der Waals surface area contributed by atoms with Crippen molar-refractivity contribution in [1.82, 2.24) is 0 Å². The van der Waals surface area contributed by atoms with Gasteiger partial charge in [-0.3, -0.25) is 0 Å². The van der Waals surface area contributed by atoms with Gasteiger partial charge in [-0.05, 0) is 41.8 Å². The number of carboxylic acids is 1. The maximum atomic E-state index is 13.8. The molecule has 2 aromatic carbocycles. The van der Waals surface area contributed by atoms with E-state index in [9.17, 15) is 9.18 Å². The highest BCUT2D eigenvalue weighted by Gasteiger charge is 2.11. The van der Waals surface area contributed by atoms with E-state index in [1.54, 1.807) is 6.07 Å². The van der Waals surface area contributed by atoms with Gasteiger partial charge in [0.2, 0.25) is 0 Å². The summed E-state index contributed by atoms with van der Waals surface area (Å²) >= 11 is 0. The summed E-state index contributed by atoms with van der Waals surface area (Å²) < 4.78 is 19.6. The minimum atomic E-state index is -1.26. The molecule has 0 atom stereocenters. The molecule has 0 saturated heterocycles. The third-order valence-electron chi connectivity index (χ3n) is 4.65. The first kappa shape index (κ1) is 20.9. The summed E-state index contributed by atoms with van der Waals surface area (Å²) in [5, 5.41) is 8.89. The number of hydrogen-bond donors (Lipinski definition) is 1. The number of halogens is 1. The van der Waals surface area contributed by atoms with E-state index < -0.39 is 11.8 Å². The van der Waals surface area contributed by atoms with Gasteiger partial charge in [0.15, 0.2) is 0 Å². The Morgan fingerprint density at radius 3 is 2.07 bits per heavy atom. The van der Waals surface area contributed by atoms with Crippen LogP contribution in [0.25, 0.3) is 11.1 Å². The molecular weight excluding hydrogens is 343 g/mol. The number of ether oxygens (including phenoxy) is 1. The first-order valence-electron chi connectivity index (χ1n) is 9.88. The van der Waals surface area contributed by atoms with Crippen molar-refractivity contribution in [2.75, 3.05) is 6.61 Å². The molecule has 0 spiro atoms. The molecular formula is C23H29FO3. The Balaban J connectivity index is 1.74. The van der Waals surface area contributed by atoms with Gasteiger partial charge >= 0.3 is 5.97 Å². The summed E-state index contributed by atoms with van der Waals surface area (Å²) in [6.07, 6.45) is 10.1. The van der Waals surface area contributed by atoms with Crippen LogP contribution < -0.4 is 4.74 Å². The highest BCUT2D eigenvalue weighted by Crippen LogP contribution is 2.24. The number of unbranched alkanes of at least 4 members (excludes halogenated alkanes) is 7. The minimum Gasteiger partial charge on any atom is -0.494 e. The van der Waals surface area contributed by atoms with Gasteiger partial charge in [-0.1, -0.05) is 70.1 Å². The molecule has 0 saturated carbocycles. The van der Waals surface area contributed by atoms with Crippen LogP contribution in [0.3, 0.4) is 0 Å². The lowest BCUT2D eigenvalue weighted by Gasteiger charge is -2.08. The third-order valence-corrected chi connectivity index (χ3v) is 4.65. The molecule has 2 rings (SSSR count). The largest absolute Gasteiger partial charge is 0.494 e. The fourth-order valence-electron chi connectivity index (χ4n) is 3.04. The maximum Gasteiger partial charge on any atom is 0.338 e. The fourth-order valence-corrected chi connectivity index (χ4v) is 3.04. The van der Waals surface area contributed by atoms with E-state index in [2.05, 4.69) is 6.92 Å². The molecule has 0 heterocycles. The van der Waals surface area contributed by atoms with Crippen LogP contribution in [0, 0.1) is 5.82 Å². The Morgan fingerprint density at radius 1 is 0.889 bits per heavy atom. The third kappa shape index (κ3) is 7.05. The van der Waals surface area contributed by atoms with Gasteiger partial charge in [-0.15, -0.1) is 0 Å². The second-order valence-corrected chi connectivity index (χ2v) is 6.85. The zero-order chi connectivity index (χ0) is 19.5. The lowest BCUT2D eigenvalue weighted by atomic mass is 10.0. The quantitative estimate of drug-likeness (QED) is 0.421. The summed E-state index contributed by atoms with van der Waals surface area (Å²) in [4.78, 5) is 10.9. The van der Waals surface area contributed by atoms with Crippen molar-refractivity contribution < 1.29 is 19.0 Å². The summed E-state index contributed by atoms with van der Waals surface area (Å²) in [6.45, 7) is 2.94. The van der Waals surface area contributed by atoms with Gasteiger partial charge in [0.25, 0.3) is 0 Å². The van der Waals surface area contributed by atoms with Crippen molar-refractivity contribution in [1.29, 1.82) is 0 Å². The molecule has 0 radical (unpaired) electrons. The molecule has 0 aliphatic heterocycles. The summed E-state index contributed by atoms with van der Waals surface area (Å²) in [5.41, 5.74) is 1.15. The molecule has 2 aromatic rings. The molecule has 0 aromatic heterocycles. The number of hydrogen-bond acceptors (Lipinski definition) is 2. The van der Waals surface area contributed by atoms with Crippen molar-refractivity contribution in [3.05, 3.63) is 53.8 Å². The highest BCUT2D eigenvalue weighted by molar-refractivity contribution is 5.88. The molecule has 1 N–H and O–H groups in total. The standard InChI is InChI=1S/C23H29FO3/c1-2-3-4-5-6-7-8-9-16-27-20-13-10-18(11-14-20)19-12-15-21(23(25)26)22(24)17-19/h10-15,17H,2-9,16H2,1H3,(H,25,26). The van der Waals surface area contributed by atoms with Gasteiger partial charge in [-0.25, -0.2) is 9.18 Å². The van der Waals surface area contributed by atoms with Gasteiger partial charge in [0.05, 0.1) is 12.2 Å². The van der Waals surface area contributed by atoms with E-state index in [4.69, 9.17) is 9.84 Å². The monoisotopic (exact) mass is 372 g/mol. The normalized spacial score (nSPS) is 10.7.